The molecule has 5 nitrogen and oxygen atoms in total. The largest absolute Gasteiger partial charge is 0.506 e. The molecule has 0 heterocycles. The zero-order valence-corrected chi connectivity index (χ0v) is 11.2. The number of urea groups is 1. The lowest BCUT2D eigenvalue weighted by atomic mass is 10.3. The second kappa shape index (κ2) is 6.68. The van der Waals surface area contributed by atoms with Crippen molar-refractivity contribution in [1.29, 1.82) is 0 Å². The summed E-state index contributed by atoms with van der Waals surface area (Å²) in [6.45, 7) is 0. The zero-order chi connectivity index (χ0) is 13.7. The number of anilines is 1. The SMILES string of the molecule is O=C(NC(=O)C(Cl)CCl)Nc1cc(Cl)ccc1O. The monoisotopic (exact) mass is 310 g/mol. The van der Waals surface area contributed by atoms with Crippen molar-refractivity contribution >= 4 is 52.4 Å². The van der Waals surface area contributed by atoms with E-state index in [1.165, 1.54) is 18.2 Å². The first-order valence-corrected chi connectivity index (χ1v) is 6.09. The van der Waals surface area contributed by atoms with E-state index in [-0.39, 0.29) is 17.3 Å². The number of aromatic hydroxyl groups is 1. The number of carbonyl (C=O) groups excluding carboxylic acids is 2. The van der Waals surface area contributed by atoms with Crippen LogP contribution in [0.3, 0.4) is 0 Å². The molecule has 0 aliphatic carbocycles. The molecule has 0 radical (unpaired) electrons. The van der Waals surface area contributed by atoms with Crippen LogP contribution in [0.5, 0.6) is 5.75 Å². The van der Waals surface area contributed by atoms with E-state index in [1.54, 1.807) is 0 Å². The smallest absolute Gasteiger partial charge is 0.326 e. The van der Waals surface area contributed by atoms with E-state index in [2.05, 4.69) is 5.32 Å². The highest BCUT2D eigenvalue weighted by Crippen LogP contribution is 2.26. The molecule has 1 aromatic rings. The number of benzene rings is 1. The van der Waals surface area contributed by atoms with E-state index >= 15 is 0 Å². The Morgan fingerprint density at radius 1 is 1.39 bits per heavy atom. The van der Waals surface area contributed by atoms with Gasteiger partial charge in [0.25, 0.3) is 0 Å². The number of phenols is 1. The molecule has 1 unspecified atom stereocenters. The van der Waals surface area contributed by atoms with Gasteiger partial charge in [-0.25, -0.2) is 4.79 Å². The molecule has 1 atom stereocenters. The van der Waals surface area contributed by atoms with Gasteiger partial charge in [0.05, 0.1) is 5.69 Å². The van der Waals surface area contributed by atoms with E-state index < -0.39 is 17.3 Å². The summed E-state index contributed by atoms with van der Waals surface area (Å²) in [4.78, 5) is 22.7. The minimum absolute atomic E-state index is 0.0739. The summed E-state index contributed by atoms with van der Waals surface area (Å²) in [5.74, 6) is -1.03. The number of phenolic OH excluding ortho intramolecular Hbond substituents is 1. The molecule has 0 spiro atoms. The molecule has 0 aliphatic rings. The molecule has 8 heteroatoms. The molecule has 3 amide bonds. The Balaban J connectivity index is 2.65. The summed E-state index contributed by atoms with van der Waals surface area (Å²) in [6.07, 6.45) is 0. The summed E-state index contributed by atoms with van der Waals surface area (Å²) in [5.41, 5.74) is 0.0739. The summed E-state index contributed by atoms with van der Waals surface area (Å²) in [6, 6.07) is 3.25. The van der Waals surface area contributed by atoms with Crippen molar-refractivity contribution in [1.82, 2.24) is 5.32 Å². The van der Waals surface area contributed by atoms with Gasteiger partial charge < -0.3 is 10.4 Å². The van der Waals surface area contributed by atoms with Crippen molar-refractivity contribution in [3.63, 3.8) is 0 Å². The predicted octanol–water partition coefficient (Wildman–Crippen LogP) is 2.54. The third-order valence-electron chi connectivity index (χ3n) is 1.86. The first-order chi connectivity index (χ1) is 8.43. The average Bonchev–Trinajstić information content (AvgIpc) is 2.32. The average molecular weight is 312 g/mol. The van der Waals surface area contributed by atoms with E-state index in [1.807, 2.05) is 5.32 Å². The van der Waals surface area contributed by atoms with Gasteiger partial charge >= 0.3 is 6.03 Å². The lowest BCUT2D eigenvalue weighted by molar-refractivity contribution is -0.119. The van der Waals surface area contributed by atoms with Crippen molar-refractivity contribution in [2.24, 2.45) is 0 Å². The molecule has 3 N–H and O–H groups in total. The topological polar surface area (TPSA) is 78.4 Å². The molecule has 1 aromatic carbocycles. The lowest BCUT2D eigenvalue weighted by Gasteiger charge is -2.09. The number of carbonyl (C=O) groups is 2. The summed E-state index contributed by atoms with van der Waals surface area (Å²) in [5, 5.41) is 13.0. The first kappa shape index (κ1) is 14.9. The van der Waals surface area contributed by atoms with Crippen LogP contribution in [0.1, 0.15) is 0 Å². The Hall–Kier alpha value is -1.17. The maximum absolute atomic E-state index is 11.4. The fourth-order valence-corrected chi connectivity index (χ4v) is 1.39. The van der Waals surface area contributed by atoms with Gasteiger partial charge in [-0.1, -0.05) is 11.6 Å². The van der Waals surface area contributed by atoms with Gasteiger partial charge in [0.1, 0.15) is 11.1 Å². The molecular weight excluding hydrogens is 302 g/mol. The van der Waals surface area contributed by atoms with Crippen LogP contribution in [-0.2, 0) is 4.79 Å². The fraction of sp³-hybridized carbons (Fsp3) is 0.200. The van der Waals surface area contributed by atoms with Crippen molar-refractivity contribution in [2.45, 2.75) is 5.38 Å². The summed E-state index contributed by atoms with van der Waals surface area (Å²) in [7, 11) is 0. The highest BCUT2D eigenvalue weighted by atomic mass is 35.5. The fourth-order valence-electron chi connectivity index (χ4n) is 1.02. The maximum atomic E-state index is 11.4. The third kappa shape index (κ3) is 4.25. The van der Waals surface area contributed by atoms with Crippen LogP contribution in [0.4, 0.5) is 10.5 Å². The van der Waals surface area contributed by atoms with E-state index in [9.17, 15) is 14.7 Å². The Kier molecular flexibility index (Phi) is 5.53. The quantitative estimate of drug-likeness (QED) is 0.593. The Morgan fingerprint density at radius 2 is 2.06 bits per heavy atom. The van der Waals surface area contributed by atoms with Crippen LogP contribution >= 0.6 is 34.8 Å². The molecule has 1 rings (SSSR count). The second-order valence-corrected chi connectivity index (χ2v) is 4.50. The number of amides is 3. The molecule has 0 aromatic heterocycles. The van der Waals surface area contributed by atoms with Crippen LogP contribution in [0.25, 0.3) is 0 Å². The van der Waals surface area contributed by atoms with Crippen molar-refractivity contribution in [3.8, 4) is 5.75 Å². The number of alkyl halides is 2. The minimum Gasteiger partial charge on any atom is -0.506 e. The minimum atomic E-state index is -1.01. The molecule has 0 bridgehead atoms. The Morgan fingerprint density at radius 3 is 2.67 bits per heavy atom. The van der Waals surface area contributed by atoms with Gasteiger partial charge in [-0.15, -0.1) is 23.2 Å². The third-order valence-corrected chi connectivity index (χ3v) is 2.92. The van der Waals surface area contributed by atoms with Crippen LogP contribution in [0, 0.1) is 0 Å². The van der Waals surface area contributed by atoms with Gasteiger partial charge in [-0.2, -0.15) is 0 Å². The molecule has 0 saturated carbocycles. The van der Waals surface area contributed by atoms with Gasteiger partial charge in [0.2, 0.25) is 5.91 Å². The molecule has 0 aliphatic heterocycles. The standard InChI is InChI=1S/C10H9Cl3N2O3/c11-4-6(13)9(17)15-10(18)14-7-3-5(12)1-2-8(7)16/h1-3,6,16H,4H2,(H2,14,15,17,18). The number of nitrogens with one attached hydrogen (secondary N) is 2. The van der Waals surface area contributed by atoms with Gasteiger partial charge in [-0.05, 0) is 18.2 Å². The summed E-state index contributed by atoms with van der Waals surface area (Å²) < 4.78 is 0. The molecule has 0 fully saturated rings. The highest BCUT2D eigenvalue weighted by Gasteiger charge is 2.17. The van der Waals surface area contributed by atoms with Crippen molar-refractivity contribution in [3.05, 3.63) is 23.2 Å². The van der Waals surface area contributed by atoms with Gasteiger partial charge in [-0.3, -0.25) is 10.1 Å². The number of rotatable bonds is 3. The normalized spacial score (nSPS) is 11.7. The Bertz CT molecular complexity index is 468. The van der Waals surface area contributed by atoms with Crippen molar-refractivity contribution in [2.75, 3.05) is 11.2 Å². The number of hydrogen-bond acceptors (Lipinski definition) is 3. The molecular formula is C10H9Cl3N2O3. The van der Waals surface area contributed by atoms with Crippen LogP contribution in [0.15, 0.2) is 18.2 Å². The van der Waals surface area contributed by atoms with Gasteiger partial charge in [0, 0.05) is 10.9 Å². The zero-order valence-electron chi connectivity index (χ0n) is 8.91. The predicted molar refractivity (Wildman–Crippen MR) is 70.6 cm³/mol. The molecule has 0 saturated heterocycles. The number of imide groups is 1. The molecule has 98 valence electrons. The maximum Gasteiger partial charge on any atom is 0.326 e. The Labute approximate surface area is 118 Å². The highest BCUT2D eigenvalue weighted by molar-refractivity contribution is 6.37. The van der Waals surface area contributed by atoms with Crippen LogP contribution < -0.4 is 10.6 Å². The molecule has 18 heavy (non-hydrogen) atoms. The summed E-state index contributed by atoms with van der Waals surface area (Å²) >= 11 is 16.6. The first-order valence-electron chi connectivity index (χ1n) is 4.74. The lowest BCUT2D eigenvalue weighted by Crippen LogP contribution is -2.39. The van der Waals surface area contributed by atoms with E-state index in [0.717, 1.165) is 0 Å². The van der Waals surface area contributed by atoms with Gasteiger partial charge in [0.15, 0.2) is 0 Å². The number of hydrogen-bond donors (Lipinski definition) is 3. The second-order valence-electron chi connectivity index (χ2n) is 3.23. The van der Waals surface area contributed by atoms with E-state index in [0.29, 0.717) is 5.02 Å². The van der Waals surface area contributed by atoms with Crippen molar-refractivity contribution < 1.29 is 14.7 Å². The number of halogens is 3. The van der Waals surface area contributed by atoms with Crippen LogP contribution in [-0.4, -0.2) is 28.3 Å². The van der Waals surface area contributed by atoms with E-state index in [4.69, 9.17) is 34.8 Å². The van der Waals surface area contributed by atoms with Crippen LogP contribution in [0.2, 0.25) is 5.02 Å².